The van der Waals surface area contributed by atoms with Crippen molar-refractivity contribution in [2.24, 2.45) is 5.92 Å². The van der Waals surface area contributed by atoms with Crippen LogP contribution in [-0.4, -0.2) is 60.4 Å². The number of anilines is 1. The molecule has 1 saturated heterocycles. The summed E-state index contributed by atoms with van der Waals surface area (Å²) in [5.41, 5.74) is -1.12. The molecule has 0 aromatic carbocycles. The van der Waals surface area contributed by atoms with Gasteiger partial charge >= 0.3 is 5.72 Å². The maximum absolute atomic E-state index is 11.9. The van der Waals surface area contributed by atoms with Crippen molar-refractivity contribution in [1.29, 1.82) is 0 Å². The number of rotatable bonds is 4. The predicted molar refractivity (Wildman–Crippen MR) is 88.7 cm³/mol. The topological polar surface area (TPSA) is 134 Å². The first-order valence-electron chi connectivity index (χ1n) is 8.01. The van der Waals surface area contributed by atoms with E-state index in [1.54, 1.807) is 26.0 Å². The number of carbonyl (C=O) groups is 1. The third kappa shape index (κ3) is 2.71. The molecular formula is C16H19N5O5. The van der Waals surface area contributed by atoms with Crippen LogP contribution in [-0.2, 0) is 9.53 Å². The van der Waals surface area contributed by atoms with Gasteiger partial charge in [0.1, 0.15) is 24.1 Å². The van der Waals surface area contributed by atoms with Crippen LogP contribution in [0.15, 0.2) is 18.5 Å². The molecule has 0 unspecified atom stereocenters. The predicted octanol–water partition coefficient (Wildman–Crippen LogP) is -0.275. The highest BCUT2D eigenvalue weighted by Gasteiger charge is 2.61. The first kappa shape index (κ1) is 18.2. The summed E-state index contributed by atoms with van der Waals surface area (Å²) >= 11 is 0. The number of fused-ring (bicyclic) bond motifs is 1. The molecule has 1 amide bonds. The van der Waals surface area contributed by atoms with Gasteiger partial charge in [-0.25, -0.2) is 16.1 Å². The molecule has 0 saturated carbocycles. The Morgan fingerprint density at radius 3 is 2.81 bits per heavy atom. The molecule has 4 atom stereocenters. The summed E-state index contributed by atoms with van der Waals surface area (Å²) in [7, 11) is 0. The standard InChI is InChI=1S/C16H19N5O5/c1-8(2)15(25)20-14-10-5-4-9(21(10)19-7-18-14)12-11(23)13(24)16(6-22,17-3)26-12/h4-5,7-8,11-13,22-24H,6H2,1-2H3,(H,18,19,20,25)/t11-,12-,13-,16+/m0/s1. The Hall–Kier alpha value is -2.58. The Morgan fingerprint density at radius 2 is 2.23 bits per heavy atom. The second-order valence-corrected chi connectivity index (χ2v) is 6.40. The zero-order valence-electron chi connectivity index (χ0n) is 14.2. The number of aliphatic hydroxyl groups excluding tert-OH is 3. The van der Waals surface area contributed by atoms with E-state index in [1.165, 1.54) is 10.8 Å². The van der Waals surface area contributed by atoms with Gasteiger partial charge in [0, 0.05) is 5.92 Å². The summed E-state index contributed by atoms with van der Waals surface area (Å²) < 4.78 is 6.91. The van der Waals surface area contributed by atoms with Gasteiger partial charge in [0.25, 0.3) is 0 Å². The quantitative estimate of drug-likeness (QED) is 0.551. The van der Waals surface area contributed by atoms with Crippen LogP contribution in [0, 0.1) is 12.5 Å². The summed E-state index contributed by atoms with van der Waals surface area (Å²) in [6, 6.07) is 3.22. The largest absolute Gasteiger partial charge is 0.389 e. The number of hydrogen-bond acceptors (Lipinski definition) is 7. The molecular weight excluding hydrogens is 342 g/mol. The van der Waals surface area contributed by atoms with Gasteiger partial charge in [-0.2, -0.15) is 5.10 Å². The van der Waals surface area contributed by atoms with Gasteiger partial charge in [-0.3, -0.25) is 14.4 Å². The SMILES string of the molecule is [C-]#[N+][C@]1(CO)O[C@@H](c2ccc3c(NC(=O)C(C)C)ncnn23)[C@H](O)[C@@H]1O. The van der Waals surface area contributed by atoms with Crippen LogP contribution in [0.25, 0.3) is 10.4 Å². The molecule has 0 bridgehead atoms. The number of carbonyl (C=O) groups excluding carboxylic acids is 1. The minimum atomic E-state index is -1.93. The minimum Gasteiger partial charge on any atom is -0.387 e. The van der Waals surface area contributed by atoms with Crippen molar-refractivity contribution in [2.45, 2.75) is 37.9 Å². The number of aromatic nitrogens is 3. The fourth-order valence-electron chi connectivity index (χ4n) is 2.81. The number of nitrogens with zero attached hydrogens (tertiary/aromatic N) is 4. The Morgan fingerprint density at radius 1 is 1.50 bits per heavy atom. The molecule has 10 heteroatoms. The molecule has 3 rings (SSSR count). The van der Waals surface area contributed by atoms with E-state index in [1.807, 2.05) is 0 Å². The van der Waals surface area contributed by atoms with Gasteiger partial charge in [-0.05, 0) is 12.1 Å². The maximum Gasteiger partial charge on any atom is 0.389 e. The van der Waals surface area contributed by atoms with Gasteiger partial charge in [-0.15, -0.1) is 0 Å². The molecule has 0 radical (unpaired) electrons. The molecule has 0 aliphatic carbocycles. The van der Waals surface area contributed by atoms with E-state index in [-0.39, 0.29) is 17.6 Å². The van der Waals surface area contributed by atoms with Crippen molar-refractivity contribution < 1.29 is 24.9 Å². The lowest BCUT2D eigenvalue weighted by molar-refractivity contribution is -0.118. The van der Waals surface area contributed by atoms with Crippen molar-refractivity contribution in [3.05, 3.63) is 35.6 Å². The van der Waals surface area contributed by atoms with E-state index in [9.17, 15) is 20.1 Å². The van der Waals surface area contributed by atoms with Crippen molar-refractivity contribution >= 4 is 17.2 Å². The molecule has 10 nitrogen and oxygen atoms in total. The number of nitrogens with one attached hydrogen (secondary N) is 1. The Balaban J connectivity index is 2.00. The maximum atomic E-state index is 11.9. The molecule has 26 heavy (non-hydrogen) atoms. The zero-order valence-corrected chi connectivity index (χ0v) is 14.2. The van der Waals surface area contributed by atoms with E-state index in [2.05, 4.69) is 20.2 Å². The average Bonchev–Trinajstić information content (AvgIpc) is 3.16. The smallest absolute Gasteiger partial charge is 0.387 e. The summed E-state index contributed by atoms with van der Waals surface area (Å²) in [6.45, 7) is 9.92. The lowest BCUT2D eigenvalue weighted by atomic mass is 10.0. The second-order valence-electron chi connectivity index (χ2n) is 6.40. The summed E-state index contributed by atoms with van der Waals surface area (Å²) in [5.74, 6) is -0.164. The van der Waals surface area contributed by atoms with E-state index in [0.29, 0.717) is 11.2 Å². The monoisotopic (exact) mass is 361 g/mol. The summed E-state index contributed by atoms with van der Waals surface area (Å²) in [6.07, 6.45) is -2.86. The zero-order chi connectivity index (χ0) is 19.1. The minimum absolute atomic E-state index is 0.215. The van der Waals surface area contributed by atoms with Crippen LogP contribution in [0.4, 0.5) is 5.82 Å². The van der Waals surface area contributed by atoms with Gasteiger partial charge in [0.05, 0.1) is 5.69 Å². The first-order valence-corrected chi connectivity index (χ1v) is 8.01. The third-order valence-corrected chi connectivity index (χ3v) is 4.38. The molecule has 1 aliphatic heterocycles. The van der Waals surface area contributed by atoms with Crippen molar-refractivity contribution in [1.82, 2.24) is 14.6 Å². The molecule has 1 aliphatic rings. The summed E-state index contributed by atoms with van der Waals surface area (Å²) in [5, 5.41) is 36.7. The molecule has 0 spiro atoms. The molecule has 4 N–H and O–H groups in total. The van der Waals surface area contributed by atoms with Crippen LogP contribution in [0.1, 0.15) is 25.6 Å². The number of ether oxygens (including phenoxy) is 1. The molecule has 2 aromatic rings. The van der Waals surface area contributed by atoms with Crippen LogP contribution in [0.2, 0.25) is 0 Å². The second kappa shape index (κ2) is 6.62. The normalized spacial score (nSPS) is 28.4. The first-order chi connectivity index (χ1) is 12.3. The third-order valence-electron chi connectivity index (χ3n) is 4.38. The molecule has 1 fully saturated rings. The Labute approximate surface area is 148 Å². The van der Waals surface area contributed by atoms with E-state index >= 15 is 0 Å². The molecule has 3 heterocycles. The van der Waals surface area contributed by atoms with E-state index < -0.39 is 30.6 Å². The number of amides is 1. The average molecular weight is 361 g/mol. The fraction of sp³-hybridized carbons (Fsp3) is 0.500. The van der Waals surface area contributed by atoms with Crippen molar-refractivity contribution in [2.75, 3.05) is 11.9 Å². The van der Waals surface area contributed by atoms with E-state index in [4.69, 9.17) is 11.3 Å². The van der Waals surface area contributed by atoms with Crippen LogP contribution >= 0.6 is 0 Å². The number of aliphatic hydroxyl groups is 3. The van der Waals surface area contributed by atoms with E-state index in [0.717, 1.165) is 0 Å². The van der Waals surface area contributed by atoms with Gasteiger partial charge in [-0.1, -0.05) is 13.8 Å². The molecule has 138 valence electrons. The van der Waals surface area contributed by atoms with Crippen LogP contribution < -0.4 is 5.32 Å². The van der Waals surface area contributed by atoms with Crippen LogP contribution in [0.5, 0.6) is 0 Å². The fourth-order valence-corrected chi connectivity index (χ4v) is 2.81. The highest BCUT2D eigenvalue weighted by Crippen LogP contribution is 2.41. The molecule has 2 aromatic heterocycles. The summed E-state index contributed by atoms with van der Waals surface area (Å²) in [4.78, 5) is 19.2. The van der Waals surface area contributed by atoms with Gasteiger partial charge in [0.2, 0.25) is 5.91 Å². The lowest BCUT2D eigenvalue weighted by Gasteiger charge is -2.16. The van der Waals surface area contributed by atoms with Crippen LogP contribution in [0.3, 0.4) is 0 Å². The Bertz CT molecular complexity index is 876. The van der Waals surface area contributed by atoms with Crippen molar-refractivity contribution in [3.8, 4) is 0 Å². The lowest BCUT2D eigenvalue weighted by Crippen LogP contribution is -2.43. The number of hydrogen-bond donors (Lipinski definition) is 4. The highest BCUT2D eigenvalue weighted by molar-refractivity contribution is 5.94. The van der Waals surface area contributed by atoms with Gasteiger partial charge < -0.3 is 20.6 Å². The van der Waals surface area contributed by atoms with Gasteiger partial charge in [0.15, 0.2) is 18.5 Å². The highest BCUT2D eigenvalue weighted by atomic mass is 16.6. The van der Waals surface area contributed by atoms with Crippen molar-refractivity contribution in [3.63, 3.8) is 0 Å². The Kier molecular flexibility index (Phi) is 4.64.